The third-order valence-electron chi connectivity index (χ3n) is 10.4. The van der Waals surface area contributed by atoms with Crippen molar-refractivity contribution in [2.45, 2.75) is 0 Å². The van der Waals surface area contributed by atoms with Gasteiger partial charge >= 0.3 is 0 Å². The van der Waals surface area contributed by atoms with Crippen LogP contribution in [-0.4, -0.2) is 9.97 Å². The normalized spacial score (nSPS) is 11.3. The molecule has 0 saturated heterocycles. The number of hydrogen-bond acceptors (Lipinski definition) is 3. The van der Waals surface area contributed by atoms with Crippen LogP contribution in [0.3, 0.4) is 0 Å². The van der Waals surface area contributed by atoms with E-state index in [4.69, 9.17) is 9.97 Å². The minimum absolute atomic E-state index is 0.908. The standard InChI is InChI=1S/C52H35N3/c1-6-18-36(19-7-1)40-33-47(37-20-8-2-9-21-37)53-48(34-40)46-32-39-24-16-17-29-44(39)50-45-31-30-43(35-49(45)54-52(51(46)50)38-22-10-3-11-23-38)55(41-25-12-4-13-26-41)42-27-14-5-15-28-42/h1-35H. The highest BCUT2D eigenvalue weighted by Gasteiger charge is 2.21. The van der Waals surface area contributed by atoms with Gasteiger partial charge in [-0.15, -0.1) is 0 Å². The van der Waals surface area contributed by atoms with Crippen LogP contribution in [-0.2, 0) is 0 Å². The first-order chi connectivity index (χ1) is 27.3. The van der Waals surface area contributed by atoms with Gasteiger partial charge in [-0.3, -0.25) is 0 Å². The largest absolute Gasteiger partial charge is 0.310 e. The van der Waals surface area contributed by atoms with Crippen LogP contribution in [0, 0.1) is 0 Å². The molecule has 0 amide bonds. The van der Waals surface area contributed by atoms with E-state index < -0.39 is 0 Å². The van der Waals surface area contributed by atoms with Crippen molar-refractivity contribution in [1.82, 2.24) is 9.97 Å². The summed E-state index contributed by atoms with van der Waals surface area (Å²) in [5.74, 6) is 0. The molecule has 3 heteroatoms. The summed E-state index contributed by atoms with van der Waals surface area (Å²) in [6.07, 6.45) is 0. The zero-order valence-electron chi connectivity index (χ0n) is 30.0. The molecule has 2 aromatic heterocycles. The van der Waals surface area contributed by atoms with Gasteiger partial charge in [0.2, 0.25) is 0 Å². The molecule has 10 rings (SSSR count). The van der Waals surface area contributed by atoms with Crippen LogP contribution in [0.25, 0.3) is 77.3 Å². The summed E-state index contributed by atoms with van der Waals surface area (Å²) < 4.78 is 0. The number of rotatable bonds is 7. The molecule has 10 aromatic rings. The summed E-state index contributed by atoms with van der Waals surface area (Å²) in [5.41, 5.74) is 12.4. The van der Waals surface area contributed by atoms with Crippen LogP contribution >= 0.6 is 0 Å². The van der Waals surface area contributed by atoms with Crippen molar-refractivity contribution in [3.05, 3.63) is 212 Å². The highest BCUT2D eigenvalue weighted by molar-refractivity contribution is 6.26. The van der Waals surface area contributed by atoms with E-state index in [0.29, 0.717) is 0 Å². The van der Waals surface area contributed by atoms with Crippen molar-refractivity contribution in [1.29, 1.82) is 0 Å². The first-order valence-corrected chi connectivity index (χ1v) is 18.7. The molecule has 0 radical (unpaired) electrons. The van der Waals surface area contributed by atoms with Gasteiger partial charge in [0.1, 0.15) is 0 Å². The summed E-state index contributed by atoms with van der Waals surface area (Å²) in [4.78, 5) is 13.3. The predicted molar refractivity (Wildman–Crippen MR) is 231 cm³/mol. The molecule has 0 atom stereocenters. The lowest BCUT2D eigenvalue weighted by Gasteiger charge is -2.26. The highest BCUT2D eigenvalue weighted by atomic mass is 15.1. The lowest BCUT2D eigenvalue weighted by molar-refractivity contribution is 1.28. The van der Waals surface area contributed by atoms with Gasteiger partial charge in [0, 0.05) is 49.9 Å². The van der Waals surface area contributed by atoms with Crippen LogP contribution in [0.2, 0.25) is 0 Å². The van der Waals surface area contributed by atoms with Crippen molar-refractivity contribution in [2.24, 2.45) is 0 Å². The average molecular weight is 702 g/mol. The minimum Gasteiger partial charge on any atom is -0.310 e. The number of anilines is 3. The molecule has 0 fully saturated rings. The molecule has 0 N–H and O–H groups in total. The van der Waals surface area contributed by atoms with Crippen molar-refractivity contribution in [3.8, 4) is 44.9 Å². The third kappa shape index (κ3) is 5.98. The second-order valence-corrected chi connectivity index (χ2v) is 13.8. The second kappa shape index (κ2) is 13.9. The summed E-state index contributed by atoms with van der Waals surface area (Å²) in [6, 6.07) is 74.9. The summed E-state index contributed by atoms with van der Waals surface area (Å²) in [5, 5.41) is 5.69. The zero-order valence-corrected chi connectivity index (χ0v) is 30.0. The molecule has 0 aliphatic carbocycles. The molecular formula is C52H35N3. The Morgan fingerprint density at radius 3 is 1.53 bits per heavy atom. The Kier molecular flexibility index (Phi) is 8.16. The van der Waals surface area contributed by atoms with E-state index in [1.54, 1.807) is 0 Å². The monoisotopic (exact) mass is 701 g/mol. The quantitative estimate of drug-likeness (QED) is 0.155. The van der Waals surface area contributed by atoms with E-state index in [1.165, 1.54) is 10.8 Å². The molecule has 0 aliphatic rings. The SMILES string of the molecule is c1ccc(-c2cc(-c3ccccc3)nc(-c3cc4ccccc4c4c3c(-c3ccccc3)nc3cc(N(c5ccccc5)c5ccccc5)ccc34)c2)cc1. The van der Waals surface area contributed by atoms with E-state index in [2.05, 4.69) is 217 Å². The summed E-state index contributed by atoms with van der Waals surface area (Å²) >= 11 is 0. The third-order valence-corrected chi connectivity index (χ3v) is 10.4. The topological polar surface area (TPSA) is 29.0 Å². The van der Waals surface area contributed by atoms with Gasteiger partial charge in [0.15, 0.2) is 0 Å². The molecular weight excluding hydrogens is 667 g/mol. The molecule has 0 unspecified atom stereocenters. The van der Waals surface area contributed by atoms with E-state index in [-0.39, 0.29) is 0 Å². The molecule has 0 spiro atoms. The van der Waals surface area contributed by atoms with Gasteiger partial charge in [0.25, 0.3) is 0 Å². The minimum atomic E-state index is 0.908. The van der Waals surface area contributed by atoms with Gasteiger partial charge in [-0.1, -0.05) is 158 Å². The zero-order chi connectivity index (χ0) is 36.6. The lowest BCUT2D eigenvalue weighted by atomic mass is 9.89. The molecule has 2 heterocycles. The van der Waals surface area contributed by atoms with Crippen molar-refractivity contribution < 1.29 is 0 Å². The van der Waals surface area contributed by atoms with Gasteiger partial charge in [-0.2, -0.15) is 0 Å². The Bertz CT molecular complexity index is 2850. The maximum absolute atomic E-state index is 5.60. The summed E-state index contributed by atoms with van der Waals surface area (Å²) in [6.45, 7) is 0. The van der Waals surface area contributed by atoms with Gasteiger partial charge < -0.3 is 4.90 Å². The molecule has 55 heavy (non-hydrogen) atoms. The van der Waals surface area contributed by atoms with Crippen LogP contribution in [0.15, 0.2) is 212 Å². The highest BCUT2D eigenvalue weighted by Crippen LogP contribution is 2.45. The number of para-hydroxylation sites is 2. The van der Waals surface area contributed by atoms with E-state index in [1.807, 2.05) is 0 Å². The fraction of sp³-hybridized carbons (Fsp3) is 0. The van der Waals surface area contributed by atoms with Crippen LogP contribution in [0.4, 0.5) is 17.1 Å². The lowest BCUT2D eigenvalue weighted by Crippen LogP contribution is -2.09. The van der Waals surface area contributed by atoms with Gasteiger partial charge in [-0.05, 0) is 76.5 Å². The number of aromatic nitrogens is 2. The van der Waals surface area contributed by atoms with E-state index in [9.17, 15) is 0 Å². The van der Waals surface area contributed by atoms with Gasteiger partial charge in [0.05, 0.1) is 22.6 Å². The molecule has 3 nitrogen and oxygen atoms in total. The second-order valence-electron chi connectivity index (χ2n) is 13.8. The van der Waals surface area contributed by atoms with Gasteiger partial charge in [-0.25, -0.2) is 9.97 Å². The van der Waals surface area contributed by atoms with Crippen LogP contribution in [0.5, 0.6) is 0 Å². The predicted octanol–water partition coefficient (Wildman–Crippen LogP) is 14.1. The molecule has 0 saturated carbocycles. The molecule has 0 aliphatic heterocycles. The maximum atomic E-state index is 5.60. The fourth-order valence-corrected chi connectivity index (χ4v) is 7.84. The first kappa shape index (κ1) is 32.3. The summed E-state index contributed by atoms with van der Waals surface area (Å²) in [7, 11) is 0. The average Bonchev–Trinajstić information content (AvgIpc) is 3.27. The van der Waals surface area contributed by atoms with Crippen LogP contribution in [0.1, 0.15) is 0 Å². The van der Waals surface area contributed by atoms with E-state index in [0.717, 1.165) is 83.6 Å². The first-order valence-electron chi connectivity index (χ1n) is 18.7. The number of hydrogen-bond donors (Lipinski definition) is 0. The fourth-order valence-electron chi connectivity index (χ4n) is 7.84. The number of pyridine rings is 2. The number of benzene rings is 8. The van der Waals surface area contributed by atoms with Crippen molar-refractivity contribution in [3.63, 3.8) is 0 Å². The van der Waals surface area contributed by atoms with Crippen molar-refractivity contribution >= 4 is 49.5 Å². The number of nitrogens with zero attached hydrogens (tertiary/aromatic N) is 3. The molecule has 8 aromatic carbocycles. The maximum Gasteiger partial charge on any atom is 0.0795 e. The smallest absolute Gasteiger partial charge is 0.0795 e. The Labute approximate surface area is 320 Å². The Morgan fingerprint density at radius 1 is 0.327 bits per heavy atom. The number of fused-ring (bicyclic) bond motifs is 5. The molecule has 258 valence electrons. The molecule has 0 bridgehead atoms. The Balaban J connectivity index is 1.31. The Morgan fingerprint density at radius 2 is 0.873 bits per heavy atom. The Hall–Kier alpha value is -7.36. The van der Waals surface area contributed by atoms with E-state index >= 15 is 0 Å². The van der Waals surface area contributed by atoms with Crippen LogP contribution < -0.4 is 4.90 Å². The van der Waals surface area contributed by atoms with Crippen molar-refractivity contribution in [2.75, 3.05) is 4.90 Å².